The first-order valence-electron chi connectivity index (χ1n) is 6.83. The minimum absolute atomic E-state index is 0.0208. The van der Waals surface area contributed by atoms with Gasteiger partial charge in [0.15, 0.2) is 5.69 Å². The number of carbonyl (C=O) groups is 1. The van der Waals surface area contributed by atoms with Crippen molar-refractivity contribution in [1.29, 1.82) is 0 Å². The van der Waals surface area contributed by atoms with E-state index in [0.29, 0.717) is 5.69 Å². The summed E-state index contributed by atoms with van der Waals surface area (Å²) < 4.78 is 3.46. The number of nitrogens with zero attached hydrogens (tertiary/aromatic N) is 5. The zero-order valence-corrected chi connectivity index (χ0v) is 11.9. The van der Waals surface area contributed by atoms with Gasteiger partial charge in [-0.05, 0) is 19.8 Å². The number of aryl methyl sites for hydroxylation is 1. The Kier molecular flexibility index (Phi) is 4.16. The van der Waals surface area contributed by atoms with Gasteiger partial charge in [-0.3, -0.25) is 4.68 Å². The molecule has 108 valence electrons. The Morgan fingerprint density at radius 3 is 2.55 bits per heavy atom. The molecule has 7 heteroatoms. The maximum Gasteiger partial charge on any atom is 0.358 e. The summed E-state index contributed by atoms with van der Waals surface area (Å²) in [6, 6.07) is 0.135. The van der Waals surface area contributed by atoms with Gasteiger partial charge in [0.25, 0.3) is 0 Å². The van der Waals surface area contributed by atoms with Gasteiger partial charge in [-0.2, -0.15) is 5.10 Å². The van der Waals surface area contributed by atoms with Gasteiger partial charge in [-0.15, -0.1) is 5.10 Å². The van der Waals surface area contributed by atoms with E-state index in [1.165, 1.54) is 0 Å². The minimum Gasteiger partial charge on any atom is -0.476 e. The zero-order chi connectivity index (χ0) is 14.7. The molecule has 0 radical (unpaired) electrons. The van der Waals surface area contributed by atoms with E-state index in [4.69, 9.17) is 0 Å². The summed E-state index contributed by atoms with van der Waals surface area (Å²) in [6.45, 7) is 6.81. The van der Waals surface area contributed by atoms with Crippen molar-refractivity contribution in [3.63, 3.8) is 0 Å². The van der Waals surface area contributed by atoms with Gasteiger partial charge in [-0.1, -0.05) is 19.1 Å². The molecule has 0 aliphatic carbocycles. The van der Waals surface area contributed by atoms with Crippen molar-refractivity contribution in [3.05, 3.63) is 18.1 Å². The second-order valence-electron chi connectivity index (χ2n) is 4.59. The van der Waals surface area contributed by atoms with E-state index >= 15 is 0 Å². The Hall–Kier alpha value is -2.18. The number of hydrogen-bond acceptors (Lipinski definition) is 4. The van der Waals surface area contributed by atoms with Crippen LogP contribution in [-0.4, -0.2) is 35.9 Å². The molecule has 0 bridgehead atoms. The van der Waals surface area contributed by atoms with Crippen LogP contribution in [0, 0.1) is 0 Å². The number of aromatic carboxylic acids is 1. The molecule has 0 unspecified atom stereocenters. The molecule has 0 saturated carbocycles. The first-order valence-corrected chi connectivity index (χ1v) is 6.83. The maximum absolute atomic E-state index is 11.3. The van der Waals surface area contributed by atoms with Crippen molar-refractivity contribution in [2.75, 3.05) is 0 Å². The van der Waals surface area contributed by atoms with Crippen LogP contribution in [0.2, 0.25) is 0 Å². The van der Waals surface area contributed by atoms with E-state index in [-0.39, 0.29) is 11.7 Å². The summed E-state index contributed by atoms with van der Waals surface area (Å²) in [4.78, 5) is 11.3. The maximum atomic E-state index is 11.3. The van der Waals surface area contributed by atoms with Crippen molar-refractivity contribution < 1.29 is 9.90 Å². The Labute approximate surface area is 117 Å². The highest BCUT2D eigenvalue weighted by Crippen LogP contribution is 2.27. The van der Waals surface area contributed by atoms with Crippen LogP contribution in [0.15, 0.2) is 12.4 Å². The number of hydrogen-bond donors (Lipinski definition) is 1. The summed E-state index contributed by atoms with van der Waals surface area (Å²) in [5.41, 5.74) is 1.25. The van der Waals surface area contributed by atoms with Gasteiger partial charge in [0.05, 0.1) is 12.2 Å². The van der Waals surface area contributed by atoms with E-state index in [9.17, 15) is 9.90 Å². The molecule has 0 amide bonds. The van der Waals surface area contributed by atoms with Crippen LogP contribution in [0.5, 0.6) is 0 Å². The number of aromatic nitrogens is 5. The summed E-state index contributed by atoms with van der Waals surface area (Å²) >= 11 is 0. The summed E-state index contributed by atoms with van der Waals surface area (Å²) in [5, 5.41) is 21.3. The molecule has 2 aromatic heterocycles. The fourth-order valence-electron chi connectivity index (χ4n) is 2.26. The molecule has 0 saturated heterocycles. The lowest BCUT2D eigenvalue weighted by molar-refractivity contribution is 0.0691. The lowest BCUT2D eigenvalue weighted by Crippen LogP contribution is -2.11. The fourth-order valence-corrected chi connectivity index (χ4v) is 2.26. The molecular formula is C13H19N5O2. The van der Waals surface area contributed by atoms with E-state index in [1.54, 1.807) is 15.6 Å². The van der Waals surface area contributed by atoms with E-state index in [2.05, 4.69) is 29.3 Å². The summed E-state index contributed by atoms with van der Waals surface area (Å²) in [6.07, 6.45) is 5.22. The van der Waals surface area contributed by atoms with Gasteiger partial charge >= 0.3 is 5.97 Å². The molecule has 2 rings (SSSR count). The molecule has 0 spiro atoms. The molecule has 0 aliphatic rings. The predicted molar refractivity (Wildman–Crippen MR) is 73.5 cm³/mol. The average Bonchev–Trinajstić information content (AvgIpc) is 3.05. The fraction of sp³-hybridized carbons (Fsp3) is 0.538. The smallest absolute Gasteiger partial charge is 0.358 e. The highest BCUT2D eigenvalue weighted by atomic mass is 16.4. The van der Waals surface area contributed by atoms with Gasteiger partial charge in [-0.25, -0.2) is 9.48 Å². The largest absolute Gasteiger partial charge is 0.476 e. The third-order valence-corrected chi connectivity index (χ3v) is 3.42. The third kappa shape index (κ3) is 2.43. The summed E-state index contributed by atoms with van der Waals surface area (Å²) in [5.74, 6) is -1.07. The highest BCUT2D eigenvalue weighted by molar-refractivity contribution is 5.92. The van der Waals surface area contributed by atoms with Crippen LogP contribution in [-0.2, 0) is 6.54 Å². The summed E-state index contributed by atoms with van der Waals surface area (Å²) in [7, 11) is 0. The normalized spacial score (nSPS) is 11.2. The monoisotopic (exact) mass is 277 g/mol. The lowest BCUT2D eigenvalue weighted by atomic mass is 10.1. The Morgan fingerprint density at radius 2 is 2.05 bits per heavy atom. The first kappa shape index (κ1) is 14.2. The Morgan fingerprint density at radius 1 is 1.35 bits per heavy atom. The van der Waals surface area contributed by atoms with Crippen LogP contribution >= 0.6 is 0 Å². The van der Waals surface area contributed by atoms with Crippen molar-refractivity contribution in [3.8, 4) is 11.3 Å². The van der Waals surface area contributed by atoms with Crippen molar-refractivity contribution in [2.45, 2.75) is 46.2 Å². The van der Waals surface area contributed by atoms with Gasteiger partial charge < -0.3 is 5.11 Å². The van der Waals surface area contributed by atoms with Crippen LogP contribution in [0.25, 0.3) is 11.3 Å². The van der Waals surface area contributed by atoms with Gasteiger partial charge in [0.2, 0.25) is 0 Å². The Balaban J connectivity index is 2.57. The molecule has 0 aliphatic heterocycles. The number of rotatable bonds is 6. The molecule has 0 atom stereocenters. The minimum atomic E-state index is -1.07. The predicted octanol–water partition coefficient (Wildman–Crippen LogP) is 2.22. The van der Waals surface area contributed by atoms with E-state index < -0.39 is 5.97 Å². The number of carboxylic acid groups (broad SMARTS) is 1. The van der Waals surface area contributed by atoms with Crippen LogP contribution in [0.1, 0.15) is 50.1 Å². The van der Waals surface area contributed by atoms with Crippen LogP contribution in [0.3, 0.4) is 0 Å². The lowest BCUT2D eigenvalue weighted by Gasteiger charge is -2.15. The molecule has 2 heterocycles. The SMILES string of the molecule is CCC(CC)n1nnc(C(=O)O)c1-c1cnn(CC)c1. The highest BCUT2D eigenvalue weighted by Gasteiger charge is 2.24. The molecule has 20 heavy (non-hydrogen) atoms. The first-order chi connectivity index (χ1) is 9.62. The topological polar surface area (TPSA) is 85.8 Å². The van der Waals surface area contributed by atoms with Gasteiger partial charge in [0, 0.05) is 18.3 Å². The second-order valence-corrected chi connectivity index (χ2v) is 4.59. The average molecular weight is 277 g/mol. The van der Waals surface area contributed by atoms with Gasteiger partial charge in [0.1, 0.15) is 5.69 Å². The quantitative estimate of drug-likeness (QED) is 0.875. The molecule has 7 nitrogen and oxygen atoms in total. The number of carboxylic acids is 1. The molecular weight excluding hydrogens is 258 g/mol. The third-order valence-electron chi connectivity index (χ3n) is 3.42. The standard InChI is InChI=1S/C13H19N5O2/c1-4-10(5-2)18-12(11(13(19)20)15-16-18)9-7-14-17(6-3)8-9/h7-8,10H,4-6H2,1-3H3,(H,19,20). The molecule has 0 aromatic carbocycles. The van der Waals surface area contributed by atoms with E-state index in [1.807, 2.05) is 13.1 Å². The van der Waals surface area contributed by atoms with Crippen molar-refractivity contribution in [2.24, 2.45) is 0 Å². The van der Waals surface area contributed by atoms with Crippen molar-refractivity contribution in [1.82, 2.24) is 24.8 Å². The van der Waals surface area contributed by atoms with Crippen LogP contribution < -0.4 is 0 Å². The second kappa shape index (κ2) is 5.85. The van der Waals surface area contributed by atoms with Crippen molar-refractivity contribution >= 4 is 5.97 Å². The Bertz CT molecular complexity index is 598. The zero-order valence-electron chi connectivity index (χ0n) is 11.9. The van der Waals surface area contributed by atoms with E-state index in [0.717, 1.165) is 24.9 Å². The molecule has 1 N–H and O–H groups in total. The molecule has 0 fully saturated rings. The van der Waals surface area contributed by atoms with Crippen LogP contribution in [0.4, 0.5) is 0 Å². The molecule has 2 aromatic rings.